The molecule has 0 bridgehead atoms. The van der Waals surface area contributed by atoms with Gasteiger partial charge in [0.05, 0.1) is 5.69 Å². The molecule has 0 fully saturated rings. The van der Waals surface area contributed by atoms with Crippen LogP contribution in [0.2, 0.25) is 0 Å². The number of allylic oxidation sites excluding steroid dienone is 2. The molecule has 0 amide bonds. The summed E-state index contributed by atoms with van der Waals surface area (Å²) in [5, 5.41) is 14.4. The van der Waals surface area contributed by atoms with Crippen molar-refractivity contribution in [3.8, 4) is 33.5 Å². The van der Waals surface area contributed by atoms with Crippen LogP contribution in [0.5, 0.6) is 0 Å². The van der Waals surface area contributed by atoms with Gasteiger partial charge in [-0.25, -0.2) is 0 Å². The van der Waals surface area contributed by atoms with Gasteiger partial charge in [0.2, 0.25) is 0 Å². The fourth-order valence-electron chi connectivity index (χ4n) is 7.11. The number of pyridine rings is 1. The fraction of sp³-hybridized carbons (Fsp3) is 0.0227. The smallest absolute Gasteiger partial charge is 0.0708 e. The number of nitrogens with zero attached hydrogens (tertiary/aromatic N) is 2. The molecule has 46 heavy (non-hydrogen) atoms. The number of fused-ring (bicyclic) bond motifs is 4. The minimum Gasteiger partial charge on any atom is -0.687 e. The van der Waals surface area contributed by atoms with Crippen LogP contribution >= 0.6 is 0 Å². The highest BCUT2D eigenvalue weighted by atomic mass is 14.8. The molecular formula is C44H29N2-. The van der Waals surface area contributed by atoms with Crippen LogP contribution < -0.4 is 0 Å². The number of rotatable bonds is 4. The molecule has 0 radical (unpaired) electrons. The van der Waals surface area contributed by atoms with Crippen molar-refractivity contribution in [2.75, 3.05) is 6.54 Å². The van der Waals surface area contributed by atoms with E-state index in [1.807, 2.05) is 18.5 Å². The van der Waals surface area contributed by atoms with Crippen molar-refractivity contribution in [1.82, 2.24) is 4.98 Å². The Hall–Kier alpha value is -5.99. The van der Waals surface area contributed by atoms with Crippen molar-refractivity contribution < 1.29 is 0 Å². The molecule has 0 atom stereocenters. The molecule has 2 heteroatoms. The van der Waals surface area contributed by atoms with Crippen molar-refractivity contribution in [3.05, 3.63) is 175 Å². The third kappa shape index (κ3) is 4.38. The first-order valence-electron chi connectivity index (χ1n) is 15.8. The summed E-state index contributed by atoms with van der Waals surface area (Å²) in [6.45, 7) is 0.744. The normalized spacial score (nSPS) is 12.9. The van der Waals surface area contributed by atoms with Gasteiger partial charge in [0.15, 0.2) is 0 Å². The maximum atomic E-state index is 4.71. The van der Waals surface area contributed by atoms with E-state index in [1.165, 1.54) is 65.3 Å². The minimum absolute atomic E-state index is 0.744. The molecule has 0 saturated carbocycles. The van der Waals surface area contributed by atoms with E-state index in [0.717, 1.165) is 28.9 Å². The van der Waals surface area contributed by atoms with Gasteiger partial charge in [0, 0.05) is 11.8 Å². The van der Waals surface area contributed by atoms with Gasteiger partial charge in [-0.05, 0) is 101 Å². The highest BCUT2D eigenvalue weighted by molar-refractivity contribution is 6.23. The second-order valence-electron chi connectivity index (χ2n) is 11.9. The lowest BCUT2D eigenvalue weighted by Crippen LogP contribution is -1.92. The molecule has 9 rings (SSSR count). The van der Waals surface area contributed by atoms with Crippen molar-refractivity contribution in [2.45, 2.75) is 0 Å². The van der Waals surface area contributed by atoms with Crippen molar-refractivity contribution in [3.63, 3.8) is 0 Å². The molecular weight excluding hydrogens is 556 g/mol. The zero-order valence-corrected chi connectivity index (χ0v) is 25.2. The lowest BCUT2D eigenvalue weighted by atomic mass is 9.84. The first-order valence-corrected chi connectivity index (χ1v) is 15.8. The molecule has 1 aromatic heterocycles. The average molecular weight is 586 g/mol. The number of benzene rings is 7. The van der Waals surface area contributed by atoms with Crippen LogP contribution in [-0.4, -0.2) is 11.5 Å². The van der Waals surface area contributed by atoms with Crippen LogP contribution in [0.4, 0.5) is 0 Å². The van der Waals surface area contributed by atoms with E-state index in [4.69, 9.17) is 4.98 Å². The van der Waals surface area contributed by atoms with Crippen LogP contribution in [0.25, 0.3) is 87.5 Å². The first-order chi connectivity index (χ1) is 22.8. The van der Waals surface area contributed by atoms with Crippen molar-refractivity contribution in [1.29, 1.82) is 0 Å². The summed E-state index contributed by atoms with van der Waals surface area (Å²) in [4.78, 5) is 4.71. The minimum atomic E-state index is 0.744. The largest absolute Gasteiger partial charge is 0.687 e. The van der Waals surface area contributed by atoms with E-state index in [0.29, 0.717) is 0 Å². The lowest BCUT2D eigenvalue weighted by molar-refractivity contribution is 1.31. The van der Waals surface area contributed by atoms with Gasteiger partial charge in [0.1, 0.15) is 0 Å². The summed E-state index contributed by atoms with van der Waals surface area (Å²) in [6.07, 6.45) is 8.06. The van der Waals surface area contributed by atoms with Crippen LogP contribution in [0, 0.1) is 0 Å². The molecule has 0 aliphatic carbocycles. The standard InChI is InChI=1S/C44H29N2/c1-2-12-36-29(9-1)10-7-17-37(36)44-40-15-5-3-13-38(40)43(39-14-4-6-16-41(39)44)34-21-19-30-25-33(20-18-31(30)26-34)42-27-32(22-24-46-42)35-11-8-23-45-28-35/h1-22,24-28H,23H2/q-1. The molecule has 0 unspecified atom stereocenters. The van der Waals surface area contributed by atoms with E-state index >= 15 is 0 Å². The van der Waals surface area contributed by atoms with E-state index in [-0.39, 0.29) is 0 Å². The number of aromatic nitrogens is 1. The lowest BCUT2D eigenvalue weighted by Gasteiger charge is -2.19. The van der Waals surface area contributed by atoms with Crippen LogP contribution in [-0.2, 0) is 0 Å². The summed E-state index contributed by atoms with van der Waals surface area (Å²) >= 11 is 0. The molecule has 1 aliphatic heterocycles. The van der Waals surface area contributed by atoms with E-state index < -0.39 is 0 Å². The van der Waals surface area contributed by atoms with E-state index in [2.05, 4.69) is 151 Å². The summed E-state index contributed by atoms with van der Waals surface area (Å²) < 4.78 is 0. The zero-order chi connectivity index (χ0) is 30.5. The molecule has 0 spiro atoms. The topological polar surface area (TPSA) is 27.0 Å². The highest BCUT2D eigenvalue weighted by Gasteiger charge is 2.18. The Morgan fingerprint density at radius 1 is 0.478 bits per heavy atom. The Kier molecular flexibility index (Phi) is 6.24. The first kappa shape index (κ1) is 26.4. The second kappa shape index (κ2) is 10.9. The summed E-state index contributed by atoms with van der Waals surface area (Å²) in [6, 6.07) is 50.9. The third-order valence-corrected chi connectivity index (χ3v) is 9.25. The van der Waals surface area contributed by atoms with Gasteiger partial charge >= 0.3 is 0 Å². The molecule has 7 aromatic carbocycles. The van der Waals surface area contributed by atoms with Gasteiger partial charge in [-0.15, -0.1) is 12.6 Å². The highest BCUT2D eigenvalue weighted by Crippen LogP contribution is 2.45. The predicted molar refractivity (Wildman–Crippen MR) is 196 cm³/mol. The van der Waals surface area contributed by atoms with Gasteiger partial charge in [-0.3, -0.25) is 4.98 Å². The monoisotopic (exact) mass is 585 g/mol. The molecule has 216 valence electrons. The SMILES string of the molecule is C1=CC(c2ccnc(-c3ccc4cc(-c5c6ccccc6c(-c6cccc7ccccc67)c6ccccc56)ccc4c3)c2)=C[N-]C1. The van der Waals surface area contributed by atoms with Crippen molar-refractivity contribution >= 4 is 48.7 Å². The molecule has 2 heterocycles. The molecule has 8 aromatic rings. The number of hydrogen-bond acceptors (Lipinski definition) is 1. The Balaban J connectivity index is 1.21. The Labute approximate surface area is 268 Å². The van der Waals surface area contributed by atoms with E-state index in [1.54, 1.807) is 0 Å². The predicted octanol–water partition coefficient (Wildman–Crippen LogP) is 12.0. The molecule has 0 N–H and O–H groups in total. The summed E-state index contributed by atoms with van der Waals surface area (Å²) in [5.41, 5.74) is 9.37. The quantitative estimate of drug-likeness (QED) is 0.189. The van der Waals surface area contributed by atoms with E-state index in [9.17, 15) is 0 Å². The van der Waals surface area contributed by atoms with Crippen molar-refractivity contribution in [2.24, 2.45) is 0 Å². The summed E-state index contributed by atoms with van der Waals surface area (Å²) in [7, 11) is 0. The Bertz CT molecular complexity index is 2470. The maximum absolute atomic E-state index is 4.71. The molecule has 0 saturated heterocycles. The molecule has 1 aliphatic rings. The average Bonchev–Trinajstić information content (AvgIpc) is 3.13. The Morgan fingerprint density at radius 3 is 1.83 bits per heavy atom. The van der Waals surface area contributed by atoms with Gasteiger partial charge in [-0.1, -0.05) is 121 Å². The Morgan fingerprint density at radius 2 is 1.11 bits per heavy atom. The second-order valence-corrected chi connectivity index (χ2v) is 11.9. The fourth-order valence-corrected chi connectivity index (χ4v) is 7.11. The van der Waals surface area contributed by atoms with Crippen LogP contribution in [0.1, 0.15) is 5.56 Å². The third-order valence-electron chi connectivity index (χ3n) is 9.25. The van der Waals surface area contributed by atoms with Gasteiger partial charge in [0.25, 0.3) is 0 Å². The van der Waals surface area contributed by atoms with Gasteiger partial charge in [-0.2, -0.15) is 6.20 Å². The summed E-state index contributed by atoms with van der Waals surface area (Å²) in [5.74, 6) is 0. The zero-order valence-electron chi connectivity index (χ0n) is 25.2. The number of hydrogen-bond donors (Lipinski definition) is 0. The van der Waals surface area contributed by atoms with Crippen LogP contribution in [0.3, 0.4) is 0 Å². The van der Waals surface area contributed by atoms with Crippen LogP contribution in [0.15, 0.2) is 164 Å². The maximum Gasteiger partial charge on any atom is 0.0708 e. The van der Waals surface area contributed by atoms with Gasteiger partial charge < -0.3 is 5.32 Å². The molecule has 2 nitrogen and oxygen atoms in total.